The van der Waals surface area contributed by atoms with Gasteiger partial charge in [-0.15, -0.1) is 0 Å². The van der Waals surface area contributed by atoms with Crippen LogP contribution in [-0.4, -0.2) is 18.8 Å². The molecule has 2 unspecified atom stereocenters. The summed E-state index contributed by atoms with van der Waals surface area (Å²) in [5, 5.41) is 0. The predicted molar refractivity (Wildman–Crippen MR) is 77.3 cm³/mol. The zero-order chi connectivity index (χ0) is 13.8. The topological polar surface area (TPSA) is 44.5 Å². The van der Waals surface area contributed by atoms with Gasteiger partial charge in [0.15, 0.2) is 0 Å². The minimum atomic E-state index is -0.0880. The first-order valence-corrected chi connectivity index (χ1v) is 7.25. The zero-order valence-corrected chi connectivity index (χ0v) is 12.1. The molecule has 0 aliphatic heterocycles. The average Bonchev–Trinajstić information content (AvgIpc) is 3.19. The Balaban J connectivity index is 2.02. The Kier molecular flexibility index (Phi) is 4.83. The second-order valence-corrected chi connectivity index (χ2v) is 5.58. The van der Waals surface area contributed by atoms with Crippen LogP contribution in [0.25, 0.3) is 0 Å². The lowest BCUT2D eigenvalue weighted by atomic mass is 9.94. The van der Waals surface area contributed by atoms with Crippen LogP contribution in [-0.2, 0) is 4.74 Å². The fourth-order valence-corrected chi connectivity index (χ4v) is 2.24. The molecule has 2 N–H and O–H groups in total. The molecule has 19 heavy (non-hydrogen) atoms. The number of nitrogens with two attached hydrogens (primary N) is 1. The number of benzene rings is 1. The molecule has 0 amide bonds. The molecule has 1 aliphatic carbocycles. The van der Waals surface area contributed by atoms with Gasteiger partial charge in [0.25, 0.3) is 0 Å². The standard InChI is InChI=1S/C16H25NO2/c1-4-18-16(11(2)3)15(17)12-5-7-13(8-6-12)19-14-9-10-14/h5-8,11,14-16H,4,9-10,17H2,1-3H3. The first-order chi connectivity index (χ1) is 9.11. The van der Waals surface area contributed by atoms with Gasteiger partial charge in [-0.25, -0.2) is 0 Å². The summed E-state index contributed by atoms with van der Waals surface area (Å²) in [5.74, 6) is 1.34. The fraction of sp³-hybridized carbons (Fsp3) is 0.625. The second kappa shape index (κ2) is 6.40. The molecule has 0 heterocycles. The van der Waals surface area contributed by atoms with Crippen LogP contribution in [0.5, 0.6) is 5.75 Å². The van der Waals surface area contributed by atoms with Gasteiger partial charge in [-0.2, -0.15) is 0 Å². The van der Waals surface area contributed by atoms with Crippen LogP contribution in [0.1, 0.15) is 45.2 Å². The summed E-state index contributed by atoms with van der Waals surface area (Å²) in [4.78, 5) is 0. The molecule has 2 atom stereocenters. The Morgan fingerprint density at radius 2 is 1.84 bits per heavy atom. The van der Waals surface area contributed by atoms with Gasteiger partial charge in [-0.1, -0.05) is 26.0 Å². The lowest BCUT2D eigenvalue weighted by Gasteiger charge is -2.27. The molecule has 0 aromatic heterocycles. The van der Waals surface area contributed by atoms with Gasteiger partial charge in [0.1, 0.15) is 5.75 Å². The molecule has 3 nitrogen and oxygen atoms in total. The fourth-order valence-electron chi connectivity index (χ4n) is 2.24. The lowest BCUT2D eigenvalue weighted by Crippen LogP contribution is -2.33. The van der Waals surface area contributed by atoms with E-state index in [1.807, 2.05) is 19.1 Å². The van der Waals surface area contributed by atoms with Gasteiger partial charge >= 0.3 is 0 Å². The van der Waals surface area contributed by atoms with Crippen molar-refractivity contribution in [2.75, 3.05) is 6.61 Å². The van der Waals surface area contributed by atoms with Crippen LogP contribution in [0.3, 0.4) is 0 Å². The highest BCUT2D eigenvalue weighted by atomic mass is 16.5. The predicted octanol–water partition coefficient (Wildman–Crippen LogP) is 3.29. The third-order valence-corrected chi connectivity index (χ3v) is 3.46. The molecular weight excluding hydrogens is 238 g/mol. The molecule has 0 spiro atoms. The Labute approximate surface area is 116 Å². The molecule has 0 saturated heterocycles. The van der Waals surface area contributed by atoms with Crippen molar-refractivity contribution in [3.63, 3.8) is 0 Å². The van der Waals surface area contributed by atoms with Crippen LogP contribution in [0.2, 0.25) is 0 Å². The minimum Gasteiger partial charge on any atom is -0.490 e. The maximum atomic E-state index is 6.32. The summed E-state index contributed by atoms with van der Waals surface area (Å²) in [5.41, 5.74) is 7.43. The van der Waals surface area contributed by atoms with Gasteiger partial charge in [-0.3, -0.25) is 0 Å². The average molecular weight is 263 g/mol. The molecule has 0 radical (unpaired) electrons. The van der Waals surface area contributed by atoms with Crippen LogP contribution in [0.4, 0.5) is 0 Å². The lowest BCUT2D eigenvalue weighted by molar-refractivity contribution is 0.0121. The highest BCUT2D eigenvalue weighted by Gasteiger charge is 2.25. The Hall–Kier alpha value is -1.06. The van der Waals surface area contributed by atoms with Crippen molar-refractivity contribution in [1.82, 2.24) is 0 Å². The second-order valence-electron chi connectivity index (χ2n) is 5.58. The normalized spacial score (nSPS) is 18.4. The first-order valence-electron chi connectivity index (χ1n) is 7.25. The first kappa shape index (κ1) is 14.4. The van der Waals surface area contributed by atoms with E-state index < -0.39 is 0 Å². The Morgan fingerprint density at radius 3 is 2.32 bits per heavy atom. The van der Waals surface area contributed by atoms with E-state index in [4.69, 9.17) is 15.2 Å². The molecule has 1 aliphatic rings. The molecule has 0 bridgehead atoms. The van der Waals surface area contributed by atoms with E-state index in [9.17, 15) is 0 Å². The molecule has 106 valence electrons. The smallest absolute Gasteiger partial charge is 0.119 e. The molecule has 1 saturated carbocycles. The van der Waals surface area contributed by atoms with Crippen LogP contribution < -0.4 is 10.5 Å². The summed E-state index contributed by atoms with van der Waals surface area (Å²) >= 11 is 0. The maximum absolute atomic E-state index is 6.32. The van der Waals surface area contributed by atoms with E-state index in [0.717, 1.165) is 11.3 Å². The monoisotopic (exact) mass is 263 g/mol. The van der Waals surface area contributed by atoms with E-state index in [1.165, 1.54) is 12.8 Å². The van der Waals surface area contributed by atoms with Crippen molar-refractivity contribution in [3.8, 4) is 5.75 Å². The molecule has 3 heteroatoms. The van der Waals surface area contributed by atoms with Gasteiger partial charge < -0.3 is 15.2 Å². The van der Waals surface area contributed by atoms with Crippen LogP contribution in [0, 0.1) is 5.92 Å². The SMILES string of the molecule is CCOC(C(C)C)C(N)c1ccc(OC2CC2)cc1. The zero-order valence-electron chi connectivity index (χ0n) is 12.1. The van der Waals surface area contributed by atoms with Crippen molar-refractivity contribution >= 4 is 0 Å². The van der Waals surface area contributed by atoms with Crippen molar-refractivity contribution in [2.45, 2.75) is 51.9 Å². The van der Waals surface area contributed by atoms with Gasteiger partial charge in [-0.05, 0) is 43.4 Å². The molecule has 1 aromatic rings. The molecule has 1 aromatic carbocycles. The van der Waals surface area contributed by atoms with Crippen molar-refractivity contribution < 1.29 is 9.47 Å². The third-order valence-electron chi connectivity index (χ3n) is 3.46. The summed E-state index contributed by atoms with van der Waals surface area (Å²) in [7, 11) is 0. The van der Waals surface area contributed by atoms with Crippen molar-refractivity contribution in [1.29, 1.82) is 0 Å². The maximum Gasteiger partial charge on any atom is 0.119 e. The number of hydrogen-bond acceptors (Lipinski definition) is 3. The minimum absolute atomic E-state index is 0.0557. The summed E-state index contributed by atoms with van der Waals surface area (Å²) in [6.45, 7) is 6.99. The van der Waals surface area contributed by atoms with Gasteiger partial charge in [0, 0.05) is 6.61 Å². The van der Waals surface area contributed by atoms with E-state index in [-0.39, 0.29) is 12.1 Å². The van der Waals surface area contributed by atoms with E-state index in [1.54, 1.807) is 0 Å². The number of ether oxygens (including phenoxy) is 2. The third kappa shape index (κ3) is 3.95. The molecular formula is C16H25NO2. The largest absolute Gasteiger partial charge is 0.490 e. The van der Waals surface area contributed by atoms with Gasteiger partial charge in [0.2, 0.25) is 0 Å². The summed E-state index contributed by atoms with van der Waals surface area (Å²) < 4.78 is 11.5. The Morgan fingerprint density at radius 1 is 1.21 bits per heavy atom. The van der Waals surface area contributed by atoms with E-state index in [2.05, 4.69) is 26.0 Å². The quantitative estimate of drug-likeness (QED) is 0.821. The highest BCUT2D eigenvalue weighted by Crippen LogP contribution is 2.28. The van der Waals surface area contributed by atoms with Crippen LogP contribution in [0.15, 0.2) is 24.3 Å². The van der Waals surface area contributed by atoms with Crippen molar-refractivity contribution in [3.05, 3.63) is 29.8 Å². The van der Waals surface area contributed by atoms with Crippen LogP contribution >= 0.6 is 0 Å². The molecule has 2 rings (SSSR count). The summed E-state index contributed by atoms with van der Waals surface area (Å²) in [6, 6.07) is 8.04. The molecule has 1 fully saturated rings. The van der Waals surface area contributed by atoms with E-state index in [0.29, 0.717) is 18.6 Å². The number of rotatable bonds is 7. The van der Waals surface area contributed by atoms with Gasteiger partial charge in [0.05, 0.1) is 18.2 Å². The number of hydrogen-bond donors (Lipinski definition) is 1. The highest BCUT2D eigenvalue weighted by molar-refractivity contribution is 5.30. The van der Waals surface area contributed by atoms with E-state index >= 15 is 0 Å². The van der Waals surface area contributed by atoms with Crippen molar-refractivity contribution in [2.24, 2.45) is 11.7 Å². The summed E-state index contributed by atoms with van der Waals surface area (Å²) in [6.07, 6.45) is 2.86. The Bertz CT molecular complexity index is 384.